The SMILES string of the molecule is NC(=O)c1cccc([C@H](Cc2ccccc2)C(=O)CNS(=O)(=O)c2ccccc2)c1NS(=O)(=O)c1ccc2ccccc2c1. The van der Waals surface area contributed by atoms with E-state index >= 15 is 0 Å². The second kappa shape index (κ2) is 12.8. The number of fused-ring (bicyclic) bond motifs is 1. The summed E-state index contributed by atoms with van der Waals surface area (Å²) in [4.78, 5) is 26.3. The number of nitrogens with one attached hydrogen (secondary N) is 2. The number of carbonyl (C=O) groups is 2. The van der Waals surface area contributed by atoms with Crippen LogP contribution in [0.4, 0.5) is 5.69 Å². The smallest absolute Gasteiger partial charge is 0.261 e. The number of carbonyl (C=O) groups excluding carboxylic acids is 2. The summed E-state index contributed by atoms with van der Waals surface area (Å²) in [7, 11) is -8.28. The molecular weight excluding hydrogens is 599 g/mol. The van der Waals surface area contributed by atoms with Crippen molar-refractivity contribution in [3.05, 3.63) is 138 Å². The van der Waals surface area contributed by atoms with E-state index in [2.05, 4.69) is 9.44 Å². The van der Waals surface area contributed by atoms with Crippen LogP contribution in [0, 0.1) is 0 Å². The van der Waals surface area contributed by atoms with Gasteiger partial charge in [-0.1, -0.05) is 91.0 Å². The second-order valence-electron chi connectivity index (χ2n) is 10.1. The van der Waals surface area contributed by atoms with Gasteiger partial charge in [0.05, 0.1) is 33.5 Å². The number of anilines is 1. The molecule has 0 fully saturated rings. The molecule has 1 amide bonds. The summed E-state index contributed by atoms with van der Waals surface area (Å²) in [5.41, 5.74) is 6.31. The molecule has 0 aliphatic heterocycles. The normalized spacial score (nSPS) is 12.5. The predicted octanol–water partition coefficient (Wildman–Crippen LogP) is 4.61. The molecule has 0 aliphatic rings. The molecule has 4 N–H and O–H groups in total. The third-order valence-electron chi connectivity index (χ3n) is 7.17. The first kappa shape index (κ1) is 30.6. The lowest BCUT2D eigenvalue weighted by Gasteiger charge is -2.22. The van der Waals surface area contributed by atoms with Gasteiger partial charge in [0.1, 0.15) is 0 Å². The number of hydrogen-bond donors (Lipinski definition) is 3. The van der Waals surface area contributed by atoms with Crippen LogP contribution in [0.15, 0.2) is 131 Å². The quantitative estimate of drug-likeness (QED) is 0.184. The number of nitrogens with two attached hydrogens (primary N) is 1. The molecule has 0 spiro atoms. The highest BCUT2D eigenvalue weighted by molar-refractivity contribution is 7.92. The fraction of sp³-hybridized carbons (Fsp3) is 0.0909. The molecule has 11 heteroatoms. The lowest BCUT2D eigenvalue weighted by atomic mass is 9.86. The van der Waals surface area contributed by atoms with Gasteiger partial charge in [-0.05, 0) is 58.7 Å². The molecule has 0 unspecified atom stereocenters. The van der Waals surface area contributed by atoms with Gasteiger partial charge in [0.2, 0.25) is 10.0 Å². The van der Waals surface area contributed by atoms with E-state index in [4.69, 9.17) is 5.73 Å². The van der Waals surface area contributed by atoms with Gasteiger partial charge in [-0.2, -0.15) is 0 Å². The van der Waals surface area contributed by atoms with Gasteiger partial charge in [-0.25, -0.2) is 21.6 Å². The molecule has 5 rings (SSSR count). The van der Waals surface area contributed by atoms with Crippen LogP contribution in [0.3, 0.4) is 0 Å². The zero-order chi connectivity index (χ0) is 31.3. The maximum absolute atomic E-state index is 13.8. The van der Waals surface area contributed by atoms with Crippen molar-refractivity contribution in [2.45, 2.75) is 22.1 Å². The fourth-order valence-corrected chi connectivity index (χ4v) is 7.09. The van der Waals surface area contributed by atoms with Crippen LogP contribution in [-0.2, 0) is 31.3 Å². The summed E-state index contributed by atoms with van der Waals surface area (Å²) in [6.07, 6.45) is 0.0969. The number of ketones is 1. The topological polar surface area (TPSA) is 152 Å². The molecule has 0 heterocycles. The summed E-state index contributed by atoms with van der Waals surface area (Å²) in [6.45, 7) is -0.577. The van der Waals surface area contributed by atoms with Gasteiger partial charge in [0.15, 0.2) is 5.78 Å². The van der Waals surface area contributed by atoms with Crippen molar-refractivity contribution >= 4 is 48.2 Å². The third kappa shape index (κ3) is 6.86. The molecule has 9 nitrogen and oxygen atoms in total. The Hall–Kier alpha value is -4.84. The van der Waals surface area contributed by atoms with E-state index in [1.165, 1.54) is 42.5 Å². The van der Waals surface area contributed by atoms with E-state index < -0.39 is 44.2 Å². The molecule has 0 saturated carbocycles. The number of sulfonamides is 2. The molecule has 224 valence electrons. The van der Waals surface area contributed by atoms with Gasteiger partial charge in [-0.15, -0.1) is 0 Å². The Labute approximate surface area is 255 Å². The zero-order valence-electron chi connectivity index (χ0n) is 23.4. The van der Waals surface area contributed by atoms with E-state index in [9.17, 15) is 26.4 Å². The van der Waals surface area contributed by atoms with Crippen molar-refractivity contribution in [2.75, 3.05) is 11.3 Å². The highest BCUT2D eigenvalue weighted by atomic mass is 32.2. The van der Waals surface area contributed by atoms with Crippen LogP contribution in [0.1, 0.15) is 27.4 Å². The summed E-state index contributed by atoms with van der Waals surface area (Å²) < 4.78 is 58.0. The highest BCUT2D eigenvalue weighted by Crippen LogP contribution is 2.34. The summed E-state index contributed by atoms with van der Waals surface area (Å²) in [6, 6.07) is 32.9. The van der Waals surface area contributed by atoms with Crippen LogP contribution in [-0.4, -0.2) is 35.1 Å². The monoisotopic (exact) mass is 627 g/mol. The Morgan fingerprint density at radius 2 is 1.30 bits per heavy atom. The van der Waals surface area contributed by atoms with Crippen LogP contribution < -0.4 is 15.2 Å². The molecule has 0 saturated heterocycles. The standard InChI is InChI=1S/C33H29N3O6S2/c34-33(38)29-17-9-16-28(32(29)36-44(41,42)27-19-18-24-12-7-8-13-25(24)21-27)30(20-23-10-3-1-4-11-23)31(37)22-35-43(39,40)26-14-5-2-6-15-26/h1-19,21,30,35-36H,20,22H2,(H2,34,38)/t30-/m0/s1. The number of primary amides is 1. The Balaban J connectivity index is 1.55. The Morgan fingerprint density at radius 3 is 1.98 bits per heavy atom. The molecule has 0 bridgehead atoms. The molecule has 44 heavy (non-hydrogen) atoms. The average molecular weight is 628 g/mol. The summed E-state index contributed by atoms with van der Waals surface area (Å²) in [5, 5.41) is 1.54. The number of hydrogen-bond acceptors (Lipinski definition) is 6. The summed E-state index contributed by atoms with van der Waals surface area (Å²) >= 11 is 0. The Bertz CT molecular complexity index is 2050. The minimum atomic E-state index is -4.27. The molecule has 0 aliphatic carbocycles. The average Bonchev–Trinajstić information content (AvgIpc) is 3.03. The Kier molecular flexibility index (Phi) is 8.91. The van der Waals surface area contributed by atoms with Crippen LogP contribution in [0.5, 0.6) is 0 Å². The highest BCUT2D eigenvalue weighted by Gasteiger charge is 2.29. The second-order valence-corrected chi connectivity index (χ2v) is 13.5. The van der Waals surface area contributed by atoms with Gasteiger partial charge >= 0.3 is 0 Å². The van der Waals surface area contributed by atoms with Crippen LogP contribution in [0.25, 0.3) is 10.8 Å². The lowest BCUT2D eigenvalue weighted by molar-refractivity contribution is -0.119. The van der Waals surface area contributed by atoms with Crippen molar-refractivity contribution in [1.82, 2.24) is 4.72 Å². The maximum Gasteiger partial charge on any atom is 0.261 e. The number of benzene rings is 5. The summed E-state index contributed by atoms with van der Waals surface area (Å²) in [5.74, 6) is -2.50. The van der Waals surface area contributed by atoms with E-state index in [1.807, 2.05) is 18.2 Å². The molecule has 1 atom stereocenters. The predicted molar refractivity (Wildman–Crippen MR) is 169 cm³/mol. The van der Waals surface area contributed by atoms with E-state index in [0.717, 1.165) is 10.9 Å². The number of rotatable bonds is 12. The molecular formula is C33H29N3O6S2. The van der Waals surface area contributed by atoms with Crippen molar-refractivity contribution < 1.29 is 26.4 Å². The first-order valence-electron chi connectivity index (χ1n) is 13.6. The lowest BCUT2D eigenvalue weighted by Crippen LogP contribution is -2.33. The van der Waals surface area contributed by atoms with Gasteiger partial charge in [-0.3, -0.25) is 14.3 Å². The molecule has 5 aromatic rings. The van der Waals surface area contributed by atoms with Gasteiger partial charge < -0.3 is 5.73 Å². The fourth-order valence-electron chi connectivity index (χ4n) is 4.93. The van der Waals surface area contributed by atoms with E-state index in [0.29, 0.717) is 5.39 Å². The van der Waals surface area contributed by atoms with Crippen LogP contribution >= 0.6 is 0 Å². The Morgan fingerprint density at radius 1 is 0.659 bits per heavy atom. The van der Waals surface area contributed by atoms with Gasteiger partial charge in [0, 0.05) is 0 Å². The van der Waals surface area contributed by atoms with Crippen molar-refractivity contribution in [2.24, 2.45) is 5.73 Å². The van der Waals surface area contributed by atoms with Gasteiger partial charge in [0.25, 0.3) is 15.9 Å². The molecule has 0 radical (unpaired) electrons. The maximum atomic E-state index is 13.8. The first-order chi connectivity index (χ1) is 21.0. The minimum Gasteiger partial charge on any atom is -0.366 e. The largest absolute Gasteiger partial charge is 0.366 e. The van der Waals surface area contributed by atoms with Crippen molar-refractivity contribution in [3.63, 3.8) is 0 Å². The number of amides is 1. The molecule has 0 aromatic heterocycles. The first-order valence-corrected chi connectivity index (χ1v) is 16.6. The molecule has 5 aromatic carbocycles. The third-order valence-corrected chi connectivity index (χ3v) is 9.93. The van der Waals surface area contributed by atoms with E-state index in [1.54, 1.807) is 60.7 Å². The zero-order valence-corrected chi connectivity index (χ0v) is 25.0. The van der Waals surface area contributed by atoms with Crippen LogP contribution in [0.2, 0.25) is 0 Å². The van der Waals surface area contributed by atoms with E-state index in [-0.39, 0.29) is 33.0 Å². The minimum absolute atomic E-state index is 0.00744. The number of Topliss-reactive ketones (excluding diaryl/α,β-unsaturated/α-hetero) is 1. The number of para-hydroxylation sites is 1. The van der Waals surface area contributed by atoms with Crippen molar-refractivity contribution in [3.8, 4) is 0 Å². The van der Waals surface area contributed by atoms with Crippen molar-refractivity contribution in [1.29, 1.82) is 0 Å².